The van der Waals surface area contributed by atoms with Gasteiger partial charge in [-0.3, -0.25) is 0 Å². The average molecular weight is 172 g/mol. The Kier molecular flexibility index (Phi) is 4.23. The van der Waals surface area contributed by atoms with E-state index in [0.717, 1.165) is 0 Å². The predicted molar refractivity (Wildman–Crippen MR) is 56.3 cm³/mol. The minimum atomic E-state index is 0.409. The summed E-state index contributed by atoms with van der Waals surface area (Å²) in [6.45, 7) is 10.7. The van der Waals surface area contributed by atoms with Gasteiger partial charge in [0.05, 0.1) is 0 Å². The van der Waals surface area contributed by atoms with Gasteiger partial charge in [-0.1, -0.05) is 39.3 Å². The van der Waals surface area contributed by atoms with Gasteiger partial charge in [-0.15, -0.1) is 0 Å². The molecule has 0 saturated heterocycles. The Hall–Kier alpha value is 0.0900. The van der Waals surface area contributed by atoms with Gasteiger partial charge in [0.15, 0.2) is 0 Å². The van der Waals surface area contributed by atoms with Crippen LogP contribution in [-0.4, -0.2) is 5.25 Å². The summed E-state index contributed by atoms with van der Waals surface area (Å²) in [4.78, 5) is 0. The second-order valence-corrected chi connectivity index (χ2v) is 4.17. The maximum Gasteiger partial charge on any atom is 0.0207 e. The maximum absolute atomic E-state index is 4.39. The van der Waals surface area contributed by atoms with Gasteiger partial charge in [-0.2, -0.15) is 12.6 Å². The zero-order valence-corrected chi connectivity index (χ0v) is 9.20. The van der Waals surface area contributed by atoms with Crippen molar-refractivity contribution >= 4 is 12.6 Å². The van der Waals surface area contributed by atoms with Gasteiger partial charge in [0.2, 0.25) is 0 Å². The minimum Gasteiger partial charge on any atom is -0.172 e. The molecular weight excluding hydrogens is 152 g/mol. The van der Waals surface area contributed by atoms with Crippen molar-refractivity contribution < 1.29 is 0 Å². The fourth-order valence-corrected chi connectivity index (χ4v) is 1.94. The monoisotopic (exact) mass is 172 g/mol. The summed E-state index contributed by atoms with van der Waals surface area (Å²) in [5, 5.41) is 0.500. The van der Waals surface area contributed by atoms with Crippen LogP contribution in [0.1, 0.15) is 41.0 Å². The summed E-state index contributed by atoms with van der Waals surface area (Å²) in [7, 11) is 0. The van der Waals surface area contributed by atoms with E-state index in [9.17, 15) is 0 Å². The summed E-state index contributed by atoms with van der Waals surface area (Å²) < 4.78 is 0. The highest BCUT2D eigenvalue weighted by Gasteiger charge is 2.28. The zero-order valence-electron chi connectivity index (χ0n) is 8.31. The zero-order chi connectivity index (χ0) is 9.07. The third kappa shape index (κ3) is 2.90. The third-order valence-electron chi connectivity index (χ3n) is 2.23. The van der Waals surface area contributed by atoms with Crippen molar-refractivity contribution in [2.45, 2.75) is 46.3 Å². The molecule has 0 spiro atoms. The highest BCUT2D eigenvalue weighted by molar-refractivity contribution is 7.81. The van der Waals surface area contributed by atoms with Crippen molar-refractivity contribution in [1.82, 2.24) is 0 Å². The molecule has 1 heteroatoms. The van der Waals surface area contributed by atoms with Crippen LogP contribution in [0.25, 0.3) is 0 Å². The third-order valence-corrected chi connectivity index (χ3v) is 2.56. The molecule has 0 bridgehead atoms. The van der Waals surface area contributed by atoms with Gasteiger partial charge >= 0.3 is 0 Å². The lowest BCUT2D eigenvalue weighted by molar-refractivity contribution is 0.447. The summed E-state index contributed by atoms with van der Waals surface area (Å²) >= 11 is 4.39. The van der Waals surface area contributed by atoms with Crippen molar-refractivity contribution in [3.8, 4) is 0 Å². The predicted octanol–water partition coefficient (Wildman–Crippen LogP) is 3.69. The van der Waals surface area contributed by atoms with E-state index in [0.29, 0.717) is 10.7 Å². The first kappa shape index (κ1) is 11.1. The van der Waals surface area contributed by atoms with Gasteiger partial charge < -0.3 is 0 Å². The molecule has 0 N–H and O–H groups in total. The van der Waals surface area contributed by atoms with Gasteiger partial charge in [0.1, 0.15) is 0 Å². The quantitative estimate of drug-likeness (QED) is 0.418. The van der Waals surface area contributed by atoms with Crippen LogP contribution in [0.4, 0.5) is 0 Å². The molecule has 0 aliphatic heterocycles. The van der Waals surface area contributed by atoms with Crippen LogP contribution in [0.15, 0.2) is 11.6 Å². The lowest BCUT2D eigenvalue weighted by atomic mass is 9.87. The first-order chi connectivity index (χ1) is 5.02. The Morgan fingerprint density at radius 2 is 1.91 bits per heavy atom. The molecule has 1 aliphatic carbocycles. The number of rotatable bonds is 0. The summed E-state index contributed by atoms with van der Waals surface area (Å²) in [6, 6.07) is 0. The molecule has 0 nitrogen and oxygen atoms in total. The van der Waals surface area contributed by atoms with Crippen LogP contribution in [0.5, 0.6) is 0 Å². The van der Waals surface area contributed by atoms with E-state index in [1.165, 1.54) is 12.0 Å². The lowest BCUT2D eigenvalue weighted by Gasteiger charge is -2.19. The van der Waals surface area contributed by atoms with E-state index in [-0.39, 0.29) is 0 Å². The van der Waals surface area contributed by atoms with Crippen LogP contribution < -0.4 is 0 Å². The Morgan fingerprint density at radius 1 is 1.45 bits per heavy atom. The molecular formula is C10H20S. The highest BCUT2D eigenvalue weighted by atomic mass is 32.1. The lowest BCUT2D eigenvalue weighted by Crippen LogP contribution is -2.09. The van der Waals surface area contributed by atoms with E-state index < -0.39 is 0 Å². The van der Waals surface area contributed by atoms with Crippen molar-refractivity contribution in [3.05, 3.63) is 11.6 Å². The first-order valence-electron chi connectivity index (χ1n) is 4.39. The molecule has 0 aromatic rings. The number of hydrogen-bond acceptors (Lipinski definition) is 1. The molecule has 0 aromatic carbocycles. The topological polar surface area (TPSA) is 0 Å². The van der Waals surface area contributed by atoms with Crippen LogP contribution >= 0.6 is 12.6 Å². The molecule has 0 saturated carbocycles. The van der Waals surface area contributed by atoms with E-state index in [2.05, 4.69) is 39.5 Å². The number of thiol groups is 1. The Bertz CT molecular complexity index is 145. The maximum atomic E-state index is 4.39. The molecule has 1 unspecified atom stereocenters. The van der Waals surface area contributed by atoms with Gasteiger partial charge in [0.25, 0.3) is 0 Å². The minimum absolute atomic E-state index is 0.409. The number of allylic oxidation sites excluding steroid dienone is 1. The summed E-state index contributed by atoms with van der Waals surface area (Å²) in [6.07, 6.45) is 3.45. The molecule has 1 aliphatic rings. The molecule has 66 valence electrons. The summed E-state index contributed by atoms with van der Waals surface area (Å²) in [5.74, 6) is 0. The van der Waals surface area contributed by atoms with Crippen molar-refractivity contribution in [1.29, 1.82) is 0 Å². The van der Waals surface area contributed by atoms with E-state index >= 15 is 0 Å². The van der Waals surface area contributed by atoms with Crippen LogP contribution in [0.3, 0.4) is 0 Å². The smallest absolute Gasteiger partial charge is 0.0207 e. The molecule has 11 heavy (non-hydrogen) atoms. The van der Waals surface area contributed by atoms with Gasteiger partial charge in [-0.05, 0) is 18.8 Å². The Balaban J connectivity index is 0.000000461. The summed E-state index contributed by atoms with van der Waals surface area (Å²) in [5.41, 5.74) is 1.90. The SMILES string of the molecule is CC.CC1=CC(S)CC1(C)C. The molecule has 0 aromatic heterocycles. The van der Waals surface area contributed by atoms with Crippen molar-refractivity contribution in [2.75, 3.05) is 0 Å². The fourth-order valence-electron chi connectivity index (χ4n) is 1.26. The molecule has 1 atom stereocenters. The van der Waals surface area contributed by atoms with Gasteiger partial charge in [-0.25, -0.2) is 0 Å². The van der Waals surface area contributed by atoms with E-state index in [4.69, 9.17) is 0 Å². The molecule has 0 heterocycles. The Morgan fingerprint density at radius 3 is 2.00 bits per heavy atom. The van der Waals surface area contributed by atoms with Crippen LogP contribution in [0, 0.1) is 5.41 Å². The van der Waals surface area contributed by atoms with Crippen LogP contribution in [0.2, 0.25) is 0 Å². The first-order valence-corrected chi connectivity index (χ1v) is 4.91. The molecule has 1 rings (SSSR count). The highest BCUT2D eigenvalue weighted by Crippen LogP contribution is 2.39. The second kappa shape index (κ2) is 4.20. The molecule has 0 amide bonds. The standard InChI is InChI=1S/C8H14S.C2H6/c1-6-4-7(9)5-8(6,2)3;1-2/h4,7,9H,5H2,1-3H3;1-2H3. The fraction of sp³-hybridized carbons (Fsp3) is 0.800. The molecule has 0 fully saturated rings. The van der Waals surface area contributed by atoms with Crippen molar-refractivity contribution in [3.63, 3.8) is 0 Å². The number of hydrogen-bond donors (Lipinski definition) is 1. The molecule has 0 radical (unpaired) electrons. The second-order valence-electron chi connectivity index (χ2n) is 3.51. The average Bonchev–Trinajstić information content (AvgIpc) is 2.10. The van der Waals surface area contributed by atoms with Crippen LogP contribution in [-0.2, 0) is 0 Å². The Labute approximate surface area is 76.5 Å². The van der Waals surface area contributed by atoms with Gasteiger partial charge in [0, 0.05) is 5.25 Å². The van der Waals surface area contributed by atoms with E-state index in [1.54, 1.807) is 0 Å². The van der Waals surface area contributed by atoms with Crippen molar-refractivity contribution in [2.24, 2.45) is 5.41 Å². The normalized spacial score (nSPS) is 27.1. The van der Waals surface area contributed by atoms with E-state index in [1.807, 2.05) is 13.8 Å². The largest absolute Gasteiger partial charge is 0.172 e.